The van der Waals surface area contributed by atoms with Crippen molar-refractivity contribution in [3.05, 3.63) is 42.5 Å². The Morgan fingerprint density at radius 1 is 1.41 bits per heavy atom. The lowest BCUT2D eigenvalue weighted by atomic mass is 10.1. The molecule has 0 aromatic carbocycles. The molecule has 0 bridgehead atoms. The molecule has 116 valence electrons. The van der Waals surface area contributed by atoms with Crippen molar-refractivity contribution in [2.75, 3.05) is 30.5 Å². The Bertz CT molecular complexity index is 586. The lowest BCUT2D eigenvalue weighted by Crippen LogP contribution is -2.30. The van der Waals surface area contributed by atoms with Gasteiger partial charge in [0.15, 0.2) is 0 Å². The molecule has 0 aliphatic carbocycles. The van der Waals surface area contributed by atoms with Gasteiger partial charge in [0.1, 0.15) is 18.0 Å². The van der Waals surface area contributed by atoms with Crippen LogP contribution in [0, 0.1) is 0 Å². The SMILES string of the molecule is CN(Cc1cccnc1)c1cc(N[C@H]2CCCOC2)ncn1. The summed E-state index contributed by atoms with van der Waals surface area (Å²) in [4.78, 5) is 14.9. The van der Waals surface area contributed by atoms with E-state index < -0.39 is 0 Å². The van der Waals surface area contributed by atoms with E-state index in [9.17, 15) is 0 Å². The zero-order chi connectivity index (χ0) is 15.2. The minimum Gasteiger partial charge on any atom is -0.379 e. The largest absolute Gasteiger partial charge is 0.379 e. The fraction of sp³-hybridized carbons (Fsp3) is 0.438. The lowest BCUT2D eigenvalue weighted by Gasteiger charge is -2.24. The number of hydrogen-bond acceptors (Lipinski definition) is 6. The zero-order valence-electron chi connectivity index (χ0n) is 12.8. The first kappa shape index (κ1) is 14.7. The number of hydrogen-bond donors (Lipinski definition) is 1. The molecule has 1 aliphatic rings. The number of nitrogens with zero attached hydrogens (tertiary/aromatic N) is 4. The van der Waals surface area contributed by atoms with Crippen molar-refractivity contribution in [3.8, 4) is 0 Å². The Kier molecular flexibility index (Phi) is 4.80. The van der Waals surface area contributed by atoms with Crippen molar-refractivity contribution in [1.29, 1.82) is 0 Å². The normalized spacial score (nSPS) is 18.0. The number of nitrogens with one attached hydrogen (secondary N) is 1. The van der Waals surface area contributed by atoms with Crippen LogP contribution < -0.4 is 10.2 Å². The fourth-order valence-electron chi connectivity index (χ4n) is 2.54. The molecule has 0 amide bonds. The standard InChI is InChI=1S/C16H21N5O/c1-21(10-13-4-2-6-17-9-13)16-8-15(18-12-19-16)20-14-5-3-7-22-11-14/h2,4,6,8-9,12,14H,3,5,7,10-11H2,1H3,(H,18,19,20)/t14-/m0/s1. The van der Waals surface area contributed by atoms with Gasteiger partial charge in [-0.05, 0) is 24.5 Å². The summed E-state index contributed by atoms with van der Waals surface area (Å²) < 4.78 is 5.49. The average Bonchev–Trinajstić information content (AvgIpc) is 2.57. The fourth-order valence-corrected chi connectivity index (χ4v) is 2.54. The van der Waals surface area contributed by atoms with Crippen LogP contribution in [0.25, 0.3) is 0 Å². The van der Waals surface area contributed by atoms with Gasteiger partial charge in [0.05, 0.1) is 12.6 Å². The van der Waals surface area contributed by atoms with Crippen LogP contribution in [0.3, 0.4) is 0 Å². The molecule has 2 aromatic heterocycles. The molecular formula is C16H21N5O. The first-order chi connectivity index (χ1) is 10.8. The van der Waals surface area contributed by atoms with Gasteiger partial charge in [-0.15, -0.1) is 0 Å². The summed E-state index contributed by atoms with van der Waals surface area (Å²) in [7, 11) is 2.02. The van der Waals surface area contributed by atoms with Crippen molar-refractivity contribution in [2.24, 2.45) is 0 Å². The third-order valence-corrected chi connectivity index (χ3v) is 3.70. The van der Waals surface area contributed by atoms with E-state index >= 15 is 0 Å². The summed E-state index contributed by atoms with van der Waals surface area (Å²) in [5.41, 5.74) is 1.15. The molecule has 1 saturated heterocycles. The van der Waals surface area contributed by atoms with Crippen molar-refractivity contribution in [1.82, 2.24) is 15.0 Å². The molecule has 3 rings (SSSR count). The van der Waals surface area contributed by atoms with Crippen molar-refractivity contribution < 1.29 is 4.74 Å². The topological polar surface area (TPSA) is 63.2 Å². The van der Waals surface area contributed by atoms with E-state index in [0.29, 0.717) is 6.04 Å². The Morgan fingerprint density at radius 2 is 2.36 bits per heavy atom. The second-order valence-corrected chi connectivity index (χ2v) is 5.54. The molecule has 0 unspecified atom stereocenters. The molecule has 1 N–H and O–H groups in total. The number of pyridine rings is 1. The second kappa shape index (κ2) is 7.17. The summed E-state index contributed by atoms with van der Waals surface area (Å²) >= 11 is 0. The molecule has 2 aromatic rings. The Labute approximate surface area is 130 Å². The Hall–Kier alpha value is -2.21. The van der Waals surface area contributed by atoms with E-state index in [1.807, 2.05) is 25.4 Å². The third kappa shape index (κ3) is 3.92. The maximum Gasteiger partial charge on any atom is 0.134 e. The van der Waals surface area contributed by atoms with Gasteiger partial charge in [-0.2, -0.15) is 0 Å². The molecule has 3 heterocycles. The summed E-state index contributed by atoms with van der Waals surface area (Å²) in [5, 5.41) is 3.42. The summed E-state index contributed by atoms with van der Waals surface area (Å²) in [6.07, 6.45) is 7.46. The van der Waals surface area contributed by atoms with Crippen molar-refractivity contribution >= 4 is 11.6 Å². The number of rotatable bonds is 5. The van der Waals surface area contributed by atoms with Gasteiger partial charge in [0, 0.05) is 38.7 Å². The zero-order valence-corrected chi connectivity index (χ0v) is 12.8. The third-order valence-electron chi connectivity index (χ3n) is 3.70. The minimum atomic E-state index is 0.333. The van der Waals surface area contributed by atoms with E-state index in [1.54, 1.807) is 12.5 Å². The van der Waals surface area contributed by atoms with Gasteiger partial charge >= 0.3 is 0 Å². The van der Waals surface area contributed by atoms with Crippen LogP contribution in [-0.4, -0.2) is 41.3 Å². The Morgan fingerprint density at radius 3 is 3.14 bits per heavy atom. The van der Waals surface area contributed by atoms with Gasteiger partial charge in [0.25, 0.3) is 0 Å². The Balaban J connectivity index is 1.64. The van der Waals surface area contributed by atoms with E-state index in [-0.39, 0.29) is 0 Å². The van der Waals surface area contributed by atoms with Gasteiger partial charge in [-0.3, -0.25) is 4.98 Å². The maximum absolute atomic E-state index is 5.49. The highest BCUT2D eigenvalue weighted by Gasteiger charge is 2.14. The van der Waals surface area contributed by atoms with Crippen LogP contribution in [0.15, 0.2) is 36.9 Å². The number of anilines is 2. The minimum absolute atomic E-state index is 0.333. The molecule has 1 aliphatic heterocycles. The van der Waals surface area contributed by atoms with Gasteiger partial charge in [-0.25, -0.2) is 9.97 Å². The van der Waals surface area contributed by atoms with Crippen LogP contribution in [0.1, 0.15) is 18.4 Å². The van der Waals surface area contributed by atoms with E-state index in [2.05, 4.69) is 31.2 Å². The average molecular weight is 299 g/mol. The van der Waals surface area contributed by atoms with Gasteiger partial charge < -0.3 is 15.0 Å². The lowest BCUT2D eigenvalue weighted by molar-refractivity contribution is 0.0875. The first-order valence-corrected chi connectivity index (χ1v) is 7.57. The molecule has 0 radical (unpaired) electrons. The van der Waals surface area contributed by atoms with E-state index in [0.717, 1.165) is 49.8 Å². The van der Waals surface area contributed by atoms with E-state index in [1.165, 1.54) is 0 Å². The quantitative estimate of drug-likeness (QED) is 0.912. The molecular weight excluding hydrogens is 278 g/mol. The predicted molar refractivity (Wildman–Crippen MR) is 85.8 cm³/mol. The number of aromatic nitrogens is 3. The summed E-state index contributed by atoms with van der Waals surface area (Å²) in [5.74, 6) is 1.73. The highest BCUT2D eigenvalue weighted by atomic mass is 16.5. The van der Waals surface area contributed by atoms with Gasteiger partial charge in [-0.1, -0.05) is 6.07 Å². The predicted octanol–water partition coefficient (Wildman–Crippen LogP) is 2.10. The monoisotopic (exact) mass is 299 g/mol. The van der Waals surface area contributed by atoms with Crippen molar-refractivity contribution in [3.63, 3.8) is 0 Å². The molecule has 0 saturated carbocycles. The first-order valence-electron chi connectivity index (χ1n) is 7.57. The summed E-state index contributed by atoms with van der Waals surface area (Å²) in [6, 6.07) is 6.31. The molecule has 6 nitrogen and oxygen atoms in total. The van der Waals surface area contributed by atoms with Crippen LogP contribution in [0.2, 0.25) is 0 Å². The highest BCUT2D eigenvalue weighted by Crippen LogP contribution is 2.17. The van der Waals surface area contributed by atoms with Gasteiger partial charge in [0.2, 0.25) is 0 Å². The smallest absolute Gasteiger partial charge is 0.134 e. The van der Waals surface area contributed by atoms with E-state index in [4.69, 9.17) is 4.74 Å². The highest BCUT2D eigenvalue weighted by molar-refractivity contribution is 5.48. The summed E-state index contributed by atoms with van der Waals surface area (Å²) in [6.45, 7) is 2.36. The molecule has 1 fully saturated rings. The van der Waals surface area contributed by atoms with Crippen LogP contribution >= 0.6 is 0 Å². The molecule has 0 spiro atoms. The molecule has 1 atom stereocenters. The molecule has 22 heavy (non-hydrogen) atoms. The van der Waals surface area contributed by atoms with Crippen LogP contribution in [0.4, 0.5) is 11.6 Å². The second-order valence-electron chi connectivity index (χ2n) is 5.54. The van der Waals surface area contributed by atoms with Crippen LogP contribution in [-0.2, 0) is 11.3 Å². The van der Waals surface area contributed by atoms with Crippen molar-refractivity contribution in [2.45, 2.75) is 25.4 Å². The molecule has 6 heteroatoms. The number of ether oxygens (including phenoxy) is 1. The maximum atomic E-state index is 5.49. The van der Waals surface area contributed by atoms with Crippen LogP contribution in [0.5, 0.6) is 0 Å².